The third-order valence-electron chi connectivity index (χ3n) is 5.02. The van der Waals surface area contributed by atoms with Gasteiger partial charge in [0.25, 0.3) is 0 Å². The largest absolute Gasteiger partial charge is 0.458 e. The number of hydrogen-bond acceptors (Lipinski definition) is 6. The zero-order valence-corrected chi connectivity index (χ0v) is 17.1. The van der Waals surface area contributed by atoms with E-state index in [0.717, 1.165) is 48.5 Å². The lowest BCUT2D eigenvalue weighted by Gasteiger charge is -2.28. The fraction of sp³-hybridized carbons (Fsp3) is 0.391. The van der Waals surface area contributed by atoms with Crippen molar-refractivity contribution in [3.63, 3.8) is 0 Å². The Balaban J connectivity index is 1.48. The fourth-order valence-corrected chi connectivity index (χ4v) is 3.71. The maximum Gasteiger partial charge on any atom is 0.338 e. The molecule has 1 fully saturated rings. The Labute approximate surface area is 170 Å². The van der Waals surface area contributed by atoms with Crippen LogP contribution in [0.5, 0.6) is 0 Å². The van der Waals surface area contributed by atoms with Gasteiger partial charge in [0.2, 0.25) is 5.89 Å². The van der Waals surface area contributed by atoms with Gasteiger partial charge in [-0.2, -0.15) is 0 Å². The van der Waals surface area contributed by atoms with Gasteiger partial charge >= 0.3 is 5.97 Å². The first-order valence-corrected chi connectivity index (χ1v) is 9.98. The Morgan fingerprint density at radius 3 is 2.59 bits per heavy atom. The number of fused-ring (bicyclic) bond motifs is 1. The summed E-state index contributed by atoms with van der Waals surface area (Å²) >= 11 is 0. The molecule has 0 amide bonds. The number of morpholine rings is 1. The van der Waals surface area contributed by atoms with Crippen LogP contribution in [-0.4, -0.2) is 54.8 Å². The fourth-order valence-electron chi connectivity index (χ4n) is 3.71. The van der Waals surface area contributed by atoms with Crippen LogP contribution in [0.2, 0.25) is 0 Å². The van der Waals surface area contributed by atoms with Gasteiger partial charge < -0.3 is 13.9 Å². The highest BCUT2D eigenvalue weighted by molar-refractivity contribution is 5.93. The summed E-state index contributed by atoms with van der Waals surface area (Å²) < 4.78 is 16.9. The lowest BCUT2D eigenvalue weighted by atomic mass is 10.1. The molecule has 0 spiro atoms. The average Bonchev–Trinajstić information content (AvgIpc) is 3.11. The summed E-state index contributed by atoms with van der Waals surface area (Å²) in [5, 5.41) is 0. The van der Waals surface area contributed by atoms with E-state index in [0.29, 0.717) is 23.6 Å². The molecule has 1 aromatic heterocycles. The lowest BCUT2D eigenvalue weighted by Crippen LogP contribution is -2.41. The molecule has 6 heteroatoms. The van der Waals surface area contributed by atoms with E-state index >= 15 is 0 Å². The number of esters is 1. The molecule has 1 atom stereocenters. The number of rotatable bonds is 5. The molecule has 29 heavy (non-hydrogen) atoms. The number of aromatic nitrogens is 1. The summed E-state index contributed by atoms with van der Waals surface area (Å²) in [5.41, 5.74) is 5.00. The monoisotopic (exact) mass is 394 g/mol. The number of aryl methyl sites for hydroxylation is 2. The molecule has 4 rings (SSSR count). The van der Waals surface area contributed by atoms with E-state index in [2.05, 4.69) is 16.0 Å². The van der Waals surface area contributed by atoms with Gasteiger partial charge in [-0.1, -0.05) is 17.2 Å². The van der Waals surface area contributed by atoms with Crippen LogP contribution in [0, 0.1) is 13.8 Å². The van der Waals surface area contributed by atoms with Gasteiger partial charge in [-0.15, -0.1) is 0 Å². The van der Waals surface area contributed by atoms with Crippen LogP contribution in [-0.2, 0) is 9.47 Å². The van der Waals surface area contributed by atoms with Crippen LogP contribution in [0.25, 0.3) is 22.6 Å². The predicted molar refractivity (Wildman–Crippen MR) is 111 cm³/mol. The minimum Gasteiger partial charge on any atom is -0.458 e. The Kier molecular flexibility index (Phi) is 5.65. The molecule has 1 aliphatic heterocycles. The zero-order valence-electron chi connectivity index (χ0n) is 17.1. The summed E-state index contributed by atoms with van der Waals surface area (Å²) in [6.07, 6.45) is -0.197. The third kappa shape index (κ3) is 4.66. The summed E-state index contributed by atoms with van der Waals surface area (Å²) in [6.45, 7) is 9.91. The van der Waals surface area contributed by atoms with E-state index in [1.807, 2.05) is 32.9 Å². The first kappa shape index (κ1) is 19.6. The van der Waals surface area contributed by atoms with Gasteiger partial charge in [-0.25, -0.2) is 9.78 Å². The highest BCUT2D eigenvalue weighted by atomic mass is 16.5. The molecular weight excluding hydrogens is 368 g/mol. The summed E-state index contributed by atoms with van der Waals surface area (Å²) in [7, 11) is 0. The van der Waals surface area contributed by atoms with Gasteiger partial charge in [-0.05, 0) is 51.1 Å². The molecule has 2 heterocycles. The second-order valence-corrected chi connectivity index (χ2v) is 7.71. The smallest absolute Gasteiger partial charge is 0.338 e. The van der Waals surface area contributed by atoms with E-state index in [1.165, 1.54) is 0 Å². The van der Waals surface area contributed by atoms with Crippen molar-refractivity contribution in [3.05, 3.63) is 53.1 Å². The van der Waals surface area contributed by atoms with Gasteiger partial charge in [0.15, 0.2) is 5.58 Å². The number of carbonyl (C=O) groups excluding carboxylic acids is 1. The Morgan fingerprint density at radius 2 is 1.86 bits per heavy atom. The van der Waals surface area contributed by atoms with E-state index in [-0.39, 0.29) is 12.1 Å². The van der Waals surface area contributed by atoms with Crippen LogP contribution in [0.1, 0.15) is 28.4 Å². The molecule has 2 aromatic carbocycles. The van der Waals surface area contributed by atoms with E-state index in [4.69, 9.17) is 13.9 Å². The van der Waals surface area contributed by atoms with Crippen molar-refractivity contribution in [2.24, 2.45) is 0 Å². The Bertz CT molecular complexity index is 1000. The topological polar surface area (TPSA) is 64.8 Å². The summed E-state index contributed by atoms with van der Waals surface area (Å²) in [4.78, 5) is 19.4. The van der Waals surface area contributed by atoms with Crippen LogP contribution >= 0.6 is 0 Å². The quantitative estimate of drug-likeness (QED) is 0.610. The van der Waals surface area contributed by atoms with Crippen molar-refractivity contribution >= 4 is 17.1 Å². The molecule has 0 bridgehead atoms. The SMILES string of the molecule is Cc1cc(C)cc(-c2nc3ccc(C(=O)OC(C)CN4CCOCC4)cc3o2)c1. The maximum atomic E-state index is 12.6. The molecule has 0 N–H and O–H groups in total. The number of benzene rings is 2. The van der Waals surface area contributed by atoms with E-state index in [9.17, 15) is 4.79 Å². The van der Waals surface area contributed by atoms with Crippen molar-refractivity contribution in [1.82, 2.24) is 9.88 Å². The van der Waals surface area contributed by atoms with Crippen molar-refractivity contribution in [1.29, 1.82) is 0 Å². The molecule has 0 aliphatic carbocycles. The minimum atomic E-state index is -0.350. The Morgan fingerprint density at radius 1 is 1.14 bits per heavy atom. The van der Waals surface area contributed by atoms with Crippen molar-refractivity contribution < 1.29 is 18.7 Å². The van der Waals surface area contributed by atoms with Crippen LogP contribution in [0.3, 0.4) is 0 Å². The van der Waals surface area contributed by atoms with Crippen molar-refractivity contribution in [2.75, 3.05) is 32.8 Å². The molecule has 3 aromatic rings. The van der Waals surface area contributed by atoms with E-state index < -0.39 is 0 Å². The van der Waals surface area contributed by atoms with Crippen molar-refractivity contribution in [3.8, 4) is 11.5 Å². The van der Waals surface area contributed by atoms with Crippen LogP contribution < -0.4 is 0 Å². The van der Waals surface area contributed by atoms with E-state index in [1.54, 1.807) is 18.2 Å². The zero-order chi connectivity index (χ0) is 20.4. The van der Waals surface area contributed by atoms with Gasteiger partial charge in [0.05, 0.1) is 18.8 Å². The lowest BCUT2D eigenvalue weighted by molar-refractivity contribution is 0.000448. The number of hydrogen-bond donors (Lipinski definition) is 0. The molecule has 0 radical (unpaired) electrons. The molecule has 1 unspecified atom stereocenters. The number of ether oxygens (including phenoxy) is 2. The summed E-state index contributed by atoms with van der Waals surface area (Å²) in [6, 6.07) is 11.4. The second kappa shape index (κ2) is 8.35. The van der Waals surface area contributed by atoms with Crippen LogP contribution in [0.15, 0.2) is 40.8 Å². The molecular formula is C23H26N2O4. The average molecular weight is 394 g/mol. The van der Waals surface area contributed by atoms with Crippen LogP contribution in [0.4, 0.5) is 0 Å². The first-order valence-electron chi connectivity index (χ1n) is 9.98. The number of nitrogens with zero attached hydrogens (tertiary/aromatic N) is 2. The normalized spacial score (nSPS) is 16.1. The van der Waals surface area contributed by atoms with Crippen molar-refractivity contribution in [2.45, 2.75) is 26.9 Å². The highest BCUT2D eigenvalue weighted by Crippen LogP contribution is 2.27. The standard InChI is InChI=1S/C23H26N2O4/c1-15-10-16(2)12-19(11-15)22-24-20-5-4-18(13-21(20)29-22)23(26)28-17(3)14-25-6-8-27-9-7-25/h4-5,10-13,17H,6-9,14H2,1-3H3. The molecule has 1 saturated heterocycles. The number of oxazole rings is 1. The number of carbonyl (C=O) groups is 1. The third-order valence-corrected chi connectivity index (χ3v) is 5.02. The predicted octanol–water partition coefficient (Wildman–Crippen LogP) is 3.99. The minimum absolute atomic E-state index is 0.197. The molecule has 0 saturated carbocycles. The van der Waals surface area contributed by atoms with Gasteiger partial charge in [0.1, 0.15) is 11.6 Å². The molecule has 1 aliphatic rings. The van der Waals surface area contributed by atoms with Gasteiger partial charge in [-0.3, -0.25) is 4.90 Å². The maximum absolute atomic E-state index is 12.6. The highest BCUT2D eigenvalue weighted by Gasteiger charge is 2.19. The first-order chi connectivity index (χ1) is 14.0. The second-order valence-electron chi connectivity index (χ2n) is 7.71. The Hall–Kier alpha value is -2.70. The molecule has 152 valence electrons. The summed E-state index contributed by atoms with van der Waals surface area (Å²) in [5.74, 6) is 0.204. The molecule has 6 nitrogen and oxygen atoms in total. The van der Waals surface area contributed by atoms with Gasteiger partial charge in [0, 0.05) is 25.2 Å².